The van der Waals surface area contributed by atoms with Gasteiger partial charge in [-0.05, 0) is 18.2 Å². The van der Waals surface area contributed by atoms with Crippen molar-refractivity contribution in [2.24, 2.45) is 0 Å². The first-order chi connectivity index (χ1) is 7.33. The highest BCUT2D eigenvalue weighted by molar-refractivity contribution is 6.03. The smallest absolute Gasteiger partial charge is 0.293 e. The van der Waals surface area contributed by atoms with Gasteiger partial charge in [-0.15, -0.1) is 0 Å². The molecule has 0 unspecified atom stereocenters. The molecule has 76 valence electrons. The molecule has 0 spiro atoms. The summed E-state index contributed by atoms with van der Waals surface area (Å²) >= 11 is 0. The predicted octanol–water partition coefficient (Wildman–Crippen LogP) is 1.95. The second kappa shape index (κ2) is 4.06. The van der Waals surface area contributed by atoms with Crippen LogP contribution in [-0.4, -0.2) is 18.1 Å². The van der Waals surface area contributed by atoms with E-state index in [9.17, 15) is 4.79 Å². The molecule has 0 N–H and O–H groups in total. The van der Waals surface area contributed by atoms with E-state index >= 15 is 0 Å². The van der Waals surface area contributed by atoms with E-state index in [0.717, 1.165) is 10.9 Å². The van der Waals surface area contributed by atoms with Gasteiger partial charge in [0.25, 0.3) is 0 Å². The van der Waals surface area contributed by atoms with Crippen LogP contribution in [0.5, 0.6) is 0 Å². The Morgan fingerprint density at radius 1 is 1.27 bits per heavy atom. The summed E-state index contributed by atoms with van der Waals surface area (Å²) in [6.45, 7) is 0. The van der Waals surface area contributed by atoms with Crippen LogP contribution in [0.15, 0.2) is 36.5 Å². The Morgan fingerprint density at radius 2 is 2.13 bits per heavy atom. The number of hydrogen-bond acceptors (Lipinski definition) is 4. The monoisotopic (exact) mass is 203 g/mol. The Balaban J connectivity index is 2.56. The van der Waals surface area contributed by atoms with Gasteiger partial charge in [0, 0.05) is 11.6 Å². The number of benzene rings is 1. The zero-order valence-corrected chi connectivity index (χ0v) is 8.14. The molecule has 0 radical (unpaired) electrons. The minimum Gasteiger partial charge on any atom is -0.293 e. The lowest BCUT2D eigenvalue weighted by Crippen LogP contribution is -2.04. The van der Waals surface area contributed by atoms with E-state index in [2.05, 4.69) is 14.8 Å². The van der Waals surface area contributed by atoms with Crippen LogP contribution >= 0.6 is 0 Å². The second-order valence-corrected chi connectivity index (χ2v) is 2.91. The SMILES string of the molecule is COOC(=O)c1cccc2ncccc12. The Morgan fingerprint density at radius 3 is 2.93 bits per heavy atom. The fraction of sp³-hybridized carbons (Fsp3) is 0.0909. The molecule has 0 atom stereocenters. The molecule has 0 fully saturated rings. The van der Waals surface area contributed by atoms with Crippen LogP contribution in [0.2, 0.25) is 0 Å². The Bertz CT molecular complexity index is 491. The molecular weight excluding hydrogens is 194 g/mol. The van der Waals surface area contributed by atoms with Crippen LogP contribution in [0.1, 0.15) is 10.4 Å². The summed E-state index contributed by atoms with van der Waals surface area (Å²) in [6.07, 6.45) is 1.67. The van der Waals surface area contributed by atoms with Crippen molar-refractivity contribution in [1.29, 1.82) is 0 Å². The molecule has 15 heavy (non-hydrogen) atoms. The lowest BCUT2D eigenvalue weighted by molar-refractivity contribution is -0.216. The van der Waals surface area contributed by atoms with Gasteiger partial charge in [0.2, 0.25) is 0 Å². The number of fused-ring (bicyclic) bond motifs is 1. The third-order valence-electron chi connectivity index (χ3n) is 2.02. The number of carbonyl (C=O) groups excluding carboxylic acids is 1. The number of hydrogen-bond donors (Lipinski definition) is 0. The van der Waals surface area contributed by atoms with E-state index in [0.29, 0.717) is 5.56 Å². The number of pyridine rings is 1. The van der Waals surface area contributed by atoms with Gasteiger partial charge in [0.15, 0.2) is 0 Å². The average molecular weight is 203 g/mol. The molecule has 0 aliphatic carbocycles. The minimum absolute atomic E-state index is 0.447. The summed E-state index contributed by atoms with van der Waals surface area (Å²) in [5.41, 5.74) is 1.20. The lowest BCUT2D eigenvalue weighted by Gasteiger charge is -2.03. The standard InChI is InChI=1S/C11H9NO3/c1-14-15-11(13)9-4-2-6-10-8(9)5-3-7-12-10/h2-7H,1H3. The van der Waals surface area contributed by atoms with E-state index in [1.807, 2.05) is 12.1 Å². The van der Waals surface area contributed by atoms with Gasteiger partial charge in [0.1, 0.15) is 0 Å². The zero-order valence-electron chi connectivity index (χ0n) is 8.14. The van der Waals surface area contributed by atoms with E-state index in [4.69, 9.17) is 0 Å². The van der Waals surface area contributed by atoms with Crippen LogP contribution in [0.25, 0.3) is 10.9 Å². The fourth-order valence-corrected chi connectivity index (χ4v) is 1.40. The highest BCUT2D eigenvalue weighted by atomic mass is 17.2. The average Bonchev–Trinajstić information content (AvgIpc) is 2.28. The van der Waals surface area contributed by atoms with E-state index < -0.39 is 5.97 Å². The molecule has 1 aromatic carbocycles. The number of aromatic nitrogens is 1. The van der Waals surface area contributed by atoms with Gasteiger partial charge in [-0.25, -0.2) is 4.79 Å². The normalized spacial score (nSPS) is 10.2. The van der Waals surface area contributed by atoms with E-state index in [1.165, 1.54) is 7.11 Å². The van der Waals surface area contributed by atoms with Crippen molar-refractivity contribution in [2.75, 3.05) is 7.11 Å². The Labute approximate surface area is 86.4 Å². The van der Waals surface area contributed by atoms with Gasteiger partial charge in [-0.3, -0.25) is 9.87 Å². The Hall–Kier alpha value is -1.94. The quantitative estimate of drug-likeness (QED) is 0.553. The van der Waals surface area contributed by atoms with E-state index in [-0.39, 0.29) is 0 Å². The molecule has 0 saturated carbocycles. The van der Waals surface area contributed by atoms with Crippen molar-refractivity contribution < 1.29 is 14.6 Å². The van der Waals surface area contributed by atoms with Gasteiger partial charge < -0.3 is 0 Å². The van der Waals surface area contributed by atoms with E-state index in [1.54, 1.807) is 24.4 Å². The van der Waals surface area contributed by atoms with Gasteiger partial charge in [0.05, 0.1) is 18.2 Å². The van der Waals surface area contributed by atoms with Crippen molar-refractivity contribution in [3.05, 3.63) is 42.1 Å². The first kappa shape index (κ1) is 9.61. The largest absolute Gasteiger partial charge is 0.373 e. The molecule has 1 aromatic heterocycles. The van der Waals surface area contributed by atoms with Crippen molar-refractivity contribution in [3.63, 3.8) is 0 Å². The molecule has 0 aliphatic heterocycles. The van der Waals surface area contributed by atoms with Crippen LogP contribution in [-0.2, 0) is 9.78 Å². The number of nitrogens with zero attached hydrogens (tertiary/aromatic N) is 1. The van der Waals surface area contributed by atoms with Crippen molar-refractivity contribution in [1.82, 2.24) is 4.98 Å². The first-order valence-electron chi connectivity index (χ1n) is 4.41. The predicted molar refractivity (Wildman–Crippen MR) is 54.2 cm³/mol. The van der Waals surface area contributed by atoms with Gasteiger partial charge in [-0.2, -0.15) is 4.89 Å². The Kier molecular flexibility index (Phi) is 2.60. The molecule has 1 heterocycles. The third kappa shape index (κ3) is 1.80. The third-order valence-corrected chi connectivity index (χ3v) is 2.02. The fourth-order valence-electron chi connectivity index (χ4n) is 1.40. The molecule has 0 bridgehead atoms. The molecule has 4 heteroatoms. The summed E-state index contributed by atoms with van der Waals surface area (Å²) in [7, 11) is 1.29. The summed E-state index contributed by atoms with van der Waals surface area (Å²) in [6, 6.07) is 8.84. The van der Waals surface area contributed by atoms with Gasteiger partial charge in [-0.1, -0.05) is 12.1 Å². The van der Waals surface area contributed by atoms with Crippen molar-refractivity contribution in [3.8, 4) is 0 Å². The summed E-state index contributed by atoms with van der Waals surface area (Å²) in [5.74, 6) is -0.517. The molecule has 2 aromatic rings. The topological polar surface area (TPSA) is 48.4 Å². The van der Waals surface area contributed by atoms with Crippen LogP contribution in [0.3, 0.4) is 0 Å². The van der Waals surface area contributed by atoms with Crippen molar-refractivity contribution in [2.45, 2.75) is 0 Å². The van der Waals surface area contributed by atoms with Crippen LogP contribution < -0.4 is 0 Å². The first-order valence-corrected chi connectivity index (χ1v) is 4.41. The highest BCUT2D eigenvalue weighted by Crippen LogP contribution is 2.17. The zero-order chi connectivity index (χ0) is 10.7. The maximum atomic E-state index is 11.5. The number of carbonyl (C=O) groups is 1. The maximum Gasteiger partial charge on any atom is 0.373 e. The van der Waals surface area contributed by atoms with Gasteiger partial charge >= 0.3 is 5.97 Å². The lowest BCUT2D eigenvalue weighted by atomic mass is 10.1. The maximum absolute atomic E-state index is 11.5. The highest BCUT2D eigenvalue weighted by Gasteiger charge is 2.11. The van der Waals surface area contributed by atoms with Crippen molar-refractivity contribution >= 4 is 16.9 Å². The molecule has 4 nitrogen and oxygen atoms in total. The molecule has 0 saturated heterocycles. The van der Waals surface area contributed by atoms with Crippen LogP contribution in [0, 0.1) is 0 Å². The minimum atomic E-state index is -0.517. The summed E-state index contributed by atoms with van der Waals surface area (Å²) in [5, 5.41) is 0.752. The molecular formula is C11H9NO3. The summed E-state index contributed by atoms with van der Waals surface area (Å²) in [4.78, 5) is 24.4. The molecule has 0 aliphatic rings. The molecule has 2 rings (SSSR count). The van der Waals surface area contributed by atoms with Crippen LogP contribution in [0.4, 0.5) is 0 Å². The second-order valence-electron chi connectivity index (χ2n) is 2.91. The molecule has 0 amide bonds. The number of rotatable bonds is 2. The summed E-state index contributed by atoms with van der Waals surface area (Å²) < 4.78 is 0.